The van der Waals surface area contributed by atoms with Gasteiger partial charge in [-0.1, -0.05) is 12.1 Å². The maximum atomic E-state index is 13.1. The summed E-state index contributed by atoms with van der Waals surface area (Å²) in [6, 6.07) is 5.86. The van der Waals surface area contributed by atoms with Crippen molar-refractivity contribution in [2.45, 2.75) is 37.8 Å². The normalized spacial score (nSPS) is 21.0. The summed E-state index contributed by atoms with van der Waals surface area (Å²) >= 11 is 0. The Morgan fingerprint density at radius 3 is 2.40 bits per heavy atom. The fourth-order valence-electron chi connectivity index (χ4n) is 3.40. The van der Waals surface area contributed by atoms with Gasteiger partial charge >= 0.3 is 6.03 Å². The second-order valence-electron chi connectivity index (χ2n) is 7.52. The number of urea groups is 1. The van der Waals surface area contributed by atoms with Crippen LogP contribution in [0.5, 0.6) is 0 Å². The number of amides is 3. The monoisotopic (exact) mass is 348 g/mol. The van der Waals surface area contributed by atoms with E-state index in [4.69, 9.17) is 0 Å². The van der Waals surface area contributed by atoms with E-state index in [0.717, 1.165) is 18.7 Å². The summed E-state index contributed by atoms with van der Waals surface area (Å²) in [6.07, 6.45) is 1.26. The van der Waals surface area contributed by atoms with E-state index >= 15 is 0 Å². The molecule has 6 nitrogen and oxygen atoms in total. The zero-order valence-electron chi connectivity index (χ0n) is 14.9. The summed E-state index contributed by atoms with van der Waals surface area (Å²) in [5, 5.41) is 6.13. The van der Waals surface area contributed by atoms with Crippen LogP contribution in [0.3, 0.4) is 0 Å². The number of carbonyl (C=O) groups is 2. The van der Waals surface area contributed by atoms with Crippen LogP contribution in [0.4, 0.5) is 9.18 Å². The molecule has 136 valence electrons. The van der Waals surface area contributed by atoms with Crippen LogP contribution in [0.15, 0.2) is 24.3 Å². The van der Waals surface area contributed by atoms with Crippen LogP contribution in [0, 0.1) is 5.82 Å². The predicted octanol–water partition coefficient (Wildman–Crippen LogP) is 1.62. The van der Waals surface area contributed by atoms with Gasteiger partial charge in [-0.3, -0.25) is 10.1 Å². The average Bonchev–Trinajstić information content (AvgIpc) is 2.79. The number of piperidine rings is 1. The number of hydrogen-bond donors (Lipinski definition) is 2. The molecule has 2 N–H and O–H groups in total. The summed E-state index contributed by atoms with van der Waals surface area (Å²) in [6.45, 7) is 5.56. The van der Waals surface area contributed by atoms with Crippen molar-refractivity contribution in [3.8, 4) is 0 Å². The predicted molar refractivity (Wildman–Crippen MR) is 92.3 cm³/mol. The lowest BCUT2D eigenvalue weighted by molar-refractivity contribution is -0.133. The molecule has 1 spiro atoms. The highest BCUT2D eigenvalue weighted by molar-refractivity contribution is 6.07. The summed E-state index contributed by atoms with van der Waals surface area (Å²) in [7, 11) is 2.01. The molecule has 2 heterocycles. The zero-order chi connectivity index (χ0) is 18.2. The Balaban J connectivity index is 1.67. The van der Waals surface area contributed by atoms with Gasteiger partial charge in [0.15, 0.2) is 0 Å². The van der Waals surface area contributed by atoms with Crippen molar-refractivity contribution in [2.24, 2.45) is 0 Å². The van der Waals surface area contributed by atoms with E-state index in [9.17, 15) is 14.0 Å². The van der Waals surface area contributed by atoms with Crippen LogP contribution in [0.1, 0.15) is 32.3 Å². The van der Waals surface area contributed by atoms with Crippen LogP contribution < -0.4 is 10.6 Å². The molecule has 25 heavy (non-hydrogen) atoms. The number of nitrogens with zero attached hydrogens (tertiary/aromatic N) is 2. The molecule has 2 fully saturated rings. The third kappa shape index (κ3) is 3.39. The highest BCUT2D eigenvalue weighted by Crippen LogP contribution is 2.29. The van der Waals surface area contributed by atoms with Gasteiger partial charge in [-0.15, -0.1) is 0 Å². The van der Waals surface area contributed by atoms with Crippen LogP contribution in [0.2, 0.25) is 0 Å². The minimum Gasteiger partial charge on any atom is -0.323 e. The van der Waals surface area contributed by atoms with E-state index in [1.54, 1.807) is 12.1 Å². The molecule has 0 aliphatic carbocycles. The summed E-state index contributed by atoms with van der Waals surface area (Å²) < 4.78 is 13.1. The molecule has 2 aliphatic rings. The number of benzene rings is 1. The molecule has 0 radical (unpaired) electrons. The van der Waals surface area contributed by atoms with Gasteiger partial charge in [0.25, 0.3) is 5.91 Å². The van der Waals surface area contributed by atoms with Crippen molar-refractivity contribution in [1.82, 2.24) is 20.4 Å². The van der Waals surface area contributed by atoms with Gasteiger partial charge in [-0.25, -0.2) is 14.1 Å². The number of nitrogens with one attached hydrogen (secondary N) is 2. The number of imide groups is 1. The molecule has 0 bridgehead atoms. The van der Waals surface area contributed by atoms with Gasteiger partial charge in [0.05, 0.1) is 6.67 Å². The van der Waals surface area contributed by atoms with Crippen molar-refractivity contribution < 1.29 is 14.0 Å². The topological polar surface area (TPSA) is 64.7 Å². The largest absolute Gasteiger partial charge is 0.326 e. The van der Waals surface area contributed by atoms with Crippen molar-refractivity contribution in [1.29, 1.82) is 0 Å². The third-order valence-electron chi connectivity index (χ3n) is 5.33. The maximum Gasteiger partial charge on any atom is 0.326 e. The summed E-state index contributed by atoms with van der Waals surface area (Å²) in [5.41, 5.74) is -0.378. The number of rotatable bonds is 4. The molecule has 0 saturated carbocycles. The highest BCUT2D eigenvalue weighted by Gasteiger charge is 2.52. The van der Waals surface area contributed by atoms with Gasteiger partial charge < -0.3 is 10.2 Å². The fraction of sp³-hybridized carbons (Fsp3) is 0.556. The van der Waals surface area contributed by atoms with E-state index in [0.29, 0.717) is 12.8 Å². The Labute approximate surface area is 147 Å². The van der Waals surface area contributed by atoms with Gasteiger partial charge in [-0.05, 0) is 51.4 Å². The van der Waals surface area contributed by atoms with Crippen molar-refractivity contribution >= 4 is 11.9 Å². The molecule has 1 aromatic rings. The minimum absolute atomic E-state index is 0.118. The van der Waals surface area contributed by atoms with E-state index in [1.165, 1.54) is 17.0 Å². The van der Waals surface area contributed by atoms with Gasteiger partial charge in [0.1, 0.15) is 11.4 Å². The summed E-state index contributed by atoms with van der Waals surface area (Å²) in [4.78, 5) is 28.6. The molecule has 2 aliphatic heterocycles. The van der Waals surface area contributed by atoms with Crippen molar-refractivity contribution in [3.63, 3.8) is 0 Å². The molecule has 2 saturated heterocycles. The first-order valence-corrected chi connectivity index (χ1v) is 8.57. The molecular formula is C18H25FN4O2. The average molecular weight is 348 g/mol. The molecular weight excluding hydrogens is 323 g/mol. The van der Waals surface area contributed by atoms with Crippen LogP contribution in [0.25, 0.3) is 0 Å². The van der Waals surface area contributed by atoms with Crippen LogP contribution >= 0.6 is 0 Å². The molecule has 0 atom stereocenters. The van der Waals surface area contributed by atoms with Crippen molar-refractivity contribution in [2.75, 3.05) is 26.8 Å². The Bertz CT molecular complexity index is 666. The number of likely N-dealkylation sites (tertiary alicyclic amines) is 1. The third-order valence-corrected chi connectivity index (χ3v) is 5.33. The molecule has 3 amide bonds. The number of carbonyl (C=O) groups excluding carboxylic acids is 2. The first-order valence-electron chi connectivity index (χ1n) is 8.57. The minimum atomic E-state index is -0.759. The van der Waals surface area contributed by atoms with E-state index in [1.807, 2.05) is 20.9 Å². The highest BCUT2D eigenvalue weighted by atomic mass is 19.1. The molecule has 7 heteroatoms. The maximum absolute atomic E-state index is 13.1. The smallest absolute Gasteiger partial charge is 0.323 e. The quantitative estimate of drug-likeness (QED) is 0.812. The van der Waals surface area contributed by atoms with E-state index < -0.39 is 11.1 Å². The van der Waals surface area contributed by atoms with Crippen molar-refractivity contribution in [3.05, 3.63) is 35.6 Å². The molecule has 0 aromatic heterocycles. The SMILES string of the molecule is CN1CCC2(CC1)NC(=O)N(CNC(C)(C)c1ccc(F)cc1)C2=O. The first-order chi connectivity index (χ1) is 11.7. The first kappa shape index (κ1) is 17.8. The van der Waals surface area contributed by atoms with Gasteiger partial charge in [0, 0.05) is 18.6 Å². The van der Waals surface area contributed by atoms with Gasteiger partial charge in [-0.2, -0.15) is 0 Å². The lowest BCUT2D eigenvalue weighted by atomic mass is 9.88. The molecule has 3 rings (SSSR count). The fourth-order valence-corrected chi connectivity index (χ4v) is 3.40. The van der Waals surface area contributed by atoms with E-state index in [-0.39, 0.29) is 24.4 Å². The molecule has 0 unspecified atom stereocenters. The standard InChI is InChI=1S/C18H25FN4O2/c1-17(2,13-4-6-14(19)7-5-13)20-12-23-15(24)18(21-16(23)25)8-10-22(3)11-9-18/h4-7,20H,8-12H2,1-3H3,(H,21,25). The second kappa shape index (κ2) is 6.38. The Morgan fingerprint density at radius 2 is 1.80 bits per heavy atom. The second-order valence-corrected chi connectivity index (χ2v) is 7.52. The lowest BCUT2D eigenvalue weighted by Gasteiger charge is -2.35. The Kier molecular flexibility index (Phi) is 4.55. The Hall–Kier alpha value is -1.99. The molecule has 1 aromatic carbocycles. The lowest BCUT2D eigenvalue weighted by Crippen LogP contribution is -2.54. The van der Waals surface area contributed by atoms with Crippen LogP contribution in [-0.2, 0) is 10.3 Å². The van der Waals surface area contributed by atoms with Gasteiger partial charge in [0.2, 0.25) is 0 Å². The number of hydrogen-bond acceptors (Lipinski definition) is 4. The number of halogens is 1. The van der Waals surface area contributed by atoms with E-state index in [2.05, 4.69) is 15.5 Å². The zero-order valence-corrected chi connectivity index (χ0v) is 14.9. The summed E-state index contributed by atoms with van der Waals surface area (Å²) in [5.74, 6) is -0.453. The Morgan fingerprint density at radius 1 is 1.20 bits per heavy atom. The van der Waals surface area contributed by atoms with Crippen LogP contribution in [-0.4, -0.2) is 54.1 Å².